The molecule has 2 N–H and O–H groups in total. The van der Waals surface area contributed by atoms with Crippen molar-refractivity contribution < 1.29 is 4.74 Å². The lowest BCUT2D eigenvalue weighted by molar-refractivity contribution is 0.391. The number of nitrogens with zero attached hydrogens (tertiary/aromatic N) is 3. The van der Waals surface area contributed by atoms with Gasteiger partial charge < -0.3 is 15.4 Å². The molecule has 0 spiro atoms. The highest BCUT2D eigenvalue weighted by atomic mass is 79.9. The molecule has 14 heavy (non-hydrogen) atoms. The molecule has 2 rings (SSSR count). The van der Waals surface area contributed by atoms with Crippen LogP contribution in [-0.4, -0.2) is 36.2 Å². The topological polar surface area (TPSA) is 64.3 Å². The fourth-order valence-electron chi connectivity index (χ4n) is 1.31. The Hall–Kier alpha value is -0.880. The van der Waals surface area contributed by atoms with Gasteiger partial charge in [-0.05, 0) is 15.9 Å². The second kappa shape index (κ2) is 3.70. The van der Waals surface area contributed by atoms with Crippen LogP contribution in [0.2, 0.25) is 0 Å². The zero-order chi connectivity index (χ0) is 10.1. The first kappa shape index (κ1) is 9.67. The van der Waals surface area contributed by atoms with Gasteiger partial charge in [0.2, 0.25) is 11.8 Å². The second-order valence-electron chi connectivity index (χ2n) is 3.19. The average molecular weight is 259 g/mol. The van der Waals surface area contributed by atoms with Crippen LogP contribution in [0.3, 0.4) is 0 Å². The molecule has 0 atom stereocenters. The molecule has 1 aliphatic rings. The van der Waals surface area contributed by atoms with Gasteiger partial charge in [0, 0.05) is 19.1 Å². The predicted octanol–water partition coefficient (Wildman–Crippen LogP) is 0.395. The van der Waals surface area contributed by atoms with Crippen molar-refractivity contribution in [2.24, 2.45) is 5.73 Å². The van der Waals surface area contributed by atoms with Crippen LogP contribution in [0, 0.1) is 0 Å². The fraction of sp³-hybridized carbons (Fsp3) is 0.500. The van der Waals surface area contributed by atoms with Crippen LogP contribution >= 0.6 is 15.9 Å². The van der Waals surface area contributed by atoms with Crippen molar-refractivity contribution in [2.75, 3.05) is 25.1 Å². The Morgan fingerprint density at radius 1 is 1.64 bits per heavy atom. The highest BCUT2D eigenvalue weighted by Gasteiger charge is 2.25. The van der Waals surface area contributed by atoms with Crippen LogP contribution in [0.25, 0.3) is 0 Å². The van der Waals surface area contributed by atoms with E-state index in [1.54, 1.807) is 13.3 Å². The Balaban J connectivity index is 2.19. The summed E-state index contributed by atoms with van der Waals surface area (Å²) in [5.41, 5.74) is 5.67. The molecule has 0 saturated carbocycles. The Kier molecular flexibility index (Phi) is 2.56. The molecule has 76 valence electrons. The minimum atomic E-state index is 0.244. The Bertz CT molecular complexity index is 340. The molecular weight excluding hydrogens is 248 g/mol. The third kappa shape index (κ3) is 1.67. The molecule has 5 nitrogen and oxygen atoms in total. The first-order valence-electron chi connectivity index (χ1n) is 4.27. The zero-order valence-corrected chi connectivity index (χ0v) is 9.36. The first-order valence-corrected chi connectivity index (χ1v) is 5.07. The molecule has 1 aromatic rings. The van der Waals surface area contributed by atoms with Gasteiger partial charge in [0.15, 0.2) is 0 Å². The molecule has 0 bridgehead atoms. The predicted molar refractivity (Wildman–Crippen MR) is 56.5 cm³/mol. The summed E-state index contributed by atoms with van der Waals surface area (Å²) in [6.45, 7) is 1.62. The van der Waals surface area contributed by atoms with Gasteiger partial charge in [0.05, 0.1) is 17.8 Å². The summed E-state index contributed by atoms with van der Waals surface area (Å²) >= 11 is 3.30. The van der Waals surface area contributed by atoms with Crippen molar-refractivity contribution >= 4 is 21.9 Å². The third-order valence-electron chi connectivity index (χ3n) is 2.09. The maximum Gasteiger partial charge on any atom is 0.232 e. The SMILES string of the molecule is COc1nc(N2CC(N)C2)ncc1Br. The molecule has 0 amide bonds. The van der Waals surface area contributed by atoms with Crippen molar-refractivity contribution in [3.8, 4) is 5.88 Å². The number of hydrogen-bond acceptors (Lipinski definition) is 5. The molecule has 6 heteroatoms. The van der Waals surface area contributed by atoms with Gasteiger partial charge in [0.1, 0.15) is 0 Å². The van der Waals surface area contributed by atoms with Crippen molar-refractivity contribution in [1.82, 2.24) is 9.97 Å². The summed E-state index contributed by atoms with van der Waals surface area (Å²) in [5.74, 6) is 1.22. The lowest BCUT2D eigenvalue weighted by Crippen LogP contribution is -2.56. The van der Waals surface area contributed by atoms with Gasteiger partial charge in [-0.15, -0.1) is 0 Å². The van der Waals surface area contributed by atoms with E-state index in [9.17, 15) is 0 Å². The molecule has 1 fully saturated rings. The van der Waals surface area contributed by atoms with Crippen LogP contribution < -0.4 is 15.4 Å². The van der Waals surface area contributed by atoms with Gasteiger partial charge in [-0.25, -0.2) is 4.98 Å². The van der Waals surface area contributed by atoms with E-state index in [2.05, 4.69) is 25.9 Å². The summed E-state index contributed by atoms with van der Waals surface area (Å²) in [6, 6.07) is 0.244. The molecule has 0 aromatic carbocycles. The number of aromatic nitrogens is 2. The Morgan fingerprint density at radius 2 is 2.36 bits per heavy atom. The quantitative estimate of drug-likeness (QED) is 0.832. The minimum Gasteiger partial charge on any atom is -0.480 e. The molecule has 1 saturated heterocycles. The van der Waals surface area contributed by atoms with Gasteiger partial charge in [-0.1, -0.05) is 0 Å². The summed E-state index contributed by atoms with van der Waals surface area (Å²) in [5, 5.41) is 0. The van der Waals surface area contributed by atoms with Crippen molar-refractivity contribution in [1.29, 1.82) is 0 Å². The third-order valence-corrected chi connectivity index (χ3v) is 2.63. The summed E-state index contributed by atoms with van der Waals surface area (Å²) < 4.78 is 5.83. The van der Waals surface area contributed by atoms with Gasteiger partial charge >= 0.3 is 0 Å². The summed E-state index contributed by atoms with van der Waals surface area (Å²) in [6.07, 6.45) is 1.69. The second-order valence-corrected chi connectivity index (χ2v) is 4.05. The number of ether oxygens (including phenoxy) is 1. The van der Waals surface area contributed by atoms with E-state index in [-0.39, 0.29) is 6.04 Å². The lowest BCUT2D eigenvalue weighted by Gasteiger charge is -2.36. The summed E-state index contributed by atoms with van der Waals surface area (Å²) in [7, 11) is 1.58. The van der Waals surface area contributed by atoms with E-state index in [4.69, 9.17) is 10.5 Å². The molecule has 0 unspecified atom stereocenters. The van der Waals surface area contributed by atoms with E-state index >= 15 is 0 Å². The van der Waals surface area contributed by atoms with Crippen LogP contribution in [0.15, 0.2) is 10.7 Å². The fourth-order valence-corrected chi connectivity index (χ4v) is 1.67. The Morgan fingerprint density at radius 3 is 2.93 bits per heavy atom. The number of methoxy groups -OCH3 is 1. The molecule has 1 aliphatic heterocycles. The van der Waals surface area contributed by atoms with Crippen molar-refractivity contribution in [2.45, 2.75) is 6.04 Å². The van der Waals surface area contributed by atoms with E-state index < -0.39 is 0 Å². The normalized spacial score (nSPS) is 16.6. The molecule has 2 heterocycles. The van der Waals surface area contributed by atoms with E-state index in [0.717, 1.165) is 17.6 Å². The molecule has 0 radical (unpaired) electrons. The highest BCUT2D eigenvalue weighted by molar-refractivity contribution is 9.10. The molecule has 0 aliphatic carbocycles. The first-order chi connectivity index (χ1) is 6.70. The summed E-state index contributed by atoms with van der Waals surface area (Å²) in [4.78, 5) is 10.4. The van der Waals surface area contributed by atoms with Gasteiger partial charge in [-0.3, -0.25) is 0 Å². The van der Waals surface area contributed by atoms with E-state index in [1.807, 2.05) is 4.90 Å². The van der Waals surface area contributed by atoms with Gasteiger partial charge in [0.25, 0.3) is 0 Å². The maximum absolute atomic E-state index is 5.67. The number of rotatable bonds is 2. The molecule has 1 aromatic heterocycles. The van der Waals surface area contributed by atoms with E-state index in [0.29, 0.717) is 11.8 Å². The number of anilines is 1. The average Bonchev–Trinajstić information content (AvgIpc) is 2.14. The van der Waals surface area contributed by atoms with Gasteiger partial charge in [-0.2, -0.15) is 4.98 Å². The standard InChI is InChI=1S/C8H11BrN4O/c1-14-7-6(9)2-11-8(12-7)13-3-5(10)4-13/h2,5H,3-4,10H2,1H3. The minimum absolute atomic E-state index is 0.244. The monoisotopic (exact) mass is 258 g/mol. The van der Waals surface area contributed by atoms with Crippen LogP contribution in [0.1, 0.15) is 0 Å². The number of hydrogen-bond donors (Lipinski definition) is 1. The number of halogens is 1. The van der Waals surface area contributed by atoms with Crippen LogP contribution in [-0.2, 0) is 0 Å². The zero-order valence-electron chi connectivity index (χ0n) is 7.77. The number of nitrogens with two attached hydrogens (primary N) is 1. The highest BCUT2D eigenvalue weighted by Crippen LogP contribution is 2.24. The Labute approximate surface area is 90.4 Å². The van der Waals surface area contributed by atoms with Crippen LogP contribution in [0.4, 0.5) is 5.95 Å². The van der Waals surface area contributed by atoms with Crippen molar-refractivity contribution in [3.05, 3.63) is 10.7 Å². The maximum atomic E-state index is 5.67. The largest absolute Gasteiger partial charge is 0.480 e. The smallest absolute Gasteiger partial charge is 0.232 e. The van der Waals surface area contributed by atoms with Crippen LogP contribution in [0.5, 0.6) is 5.88 Å². The van der Waals surface area contributed by atoms with E-state index in [1.165, 1.54) is 0 Å². The lowest BCUT2D eigenvalue weighted by atomic mass is 10.1. The van der Waals surface area contributed by atoms with Crippen molar-refractivity contribution in [3.63, 3.8) is 0 Å². The molecular formula is C8H11BrN4O.